The van der Waals surface area contributed by atoms with Crippen LogP contribution in [-0.2, 0) is 0 Å². The van der Waals surface area contributed by atoms with E-state index in [-0.39, 0.29) is 17.6 Å². The quantitative estimate of drug-likeness (QED) is 0.654. The Morgan fingerprint density at radius 1 is 1.21 bits per heavy atom. The lowest BCUT2D eigenvalue weighted by molar-refractivity contribution is 0.439. The van der Waals surface area contributed by atoms with E-state index in [2.05, 4.69) is 31.1 Å². The van der Waals surface area contributed by atoms with Crippen molar-refractivity contribution in [2.24, 2.45) is 11.0 Å². The Morgan fingerprint density at radius 2 is 1.88 bits per heavy atom. The van der Waals surface area contributed by atoms with Gasteiger partial charge in [0.05, 0.1) is 12.3 Å². The molecule has 0 bridgehead atoms. The molecule has 2 aromatic carbocycles. The molecule has 0 aliphatic carbocycles. The molecule has 1 aliphatic heterocycles. The summed E-state index contributed by atoms with van der Waals surface area (Å²) in [6, 6.07) is 17.5. The highest BCUT2D eigenvalue weighted by atomic mass is 16.3. The molecular weight excluding hydrogens is 298 g/mol. The first-order chi connectivity index (χ1) is 11.6. The van der Waals surface area contributed by atoms with Gasteiger partial charge in [-0.15, -0.1) is 0 Å². The van der Waals surface area contributed by atoms with Gasteiger partial charge in [0.1, 0.15) is 11.6 Å². The maximum Gasteiger partial charge on any atom is 0.124 e. The van der Waals surface area contributed by atoms with Crippen molar-refractivity contribution in [2.75, 3.05) is 6.54 Å². The predicted octanol–water partition coefficient (Wildman–Crippen LogP) is 4.22. The number of rotatable bonds is 4. The van der Waals surface area contributed by atoms with Crippen LogP contribution in [0.1, 0.15) is 37.3 Å². The number of phenols is 1. The van der Waals surface area contributed by atoms with Crippen LogP contribution in [0, 0.1) is 11.3 Å². The number of amidine groups is 1. The Labute approximate surface area is 143 Å². The molecule has 0 radical (unpaired) electrons. The normalized spacial score (nSPS) is 18.3. The van der Waals surface area contributed by atoms with E-state index in [9.17, 15) is 5.11 Å². The van der Waals surface area contributed by atoms with E-state index >= 15 is 0 Å². The third-order valence-corrected chi connectivity index (χ3v) is 4.50. The number of hydrazone groups is 1. The van der Waals surface area contributed by atoms with Crippen LogP contribution in [0.3, 0.4) is 0 Å². The minimum Gasteiger partial charge on any atom is -0.507 e. The highest BCUT2D eigenvalue weighted by molar-refractivity contribution is 6.06. The number of phenolic OH excluding ortho intramolecular Hbond substituents is 1. The van der Waals surface area contributed by atoms with Gasteiger partial charge in [-0.05, 0) is 23.6 Å². The van der Waals surface area contributed by atoms with Crippen molar-refractivity contribution in [3.63, 3.8) is 0 Å². The molecule has 0 aromatic heterocycles. The van der Waals surface area contributed by atoms with Gasteiger partial charge < -0.3 is 5.11 Å². The van der Waals surface area contributed by atoms with E-state index in [1.165, 1.54) is 5.56 Å². The smallest absolute Gasteiger partial charge is 0.124 e. The molecule has 4 nitrogen and oxygen atoms in total. The third-order valence-electron chi connectivity index (χ3n) is 4.50. The summed E-state index contributed by atoms with van der Waals surface area (Å²) in [6.07, 6.45) is 0.647. The second-order valence-electron chi connectivity index (χ2n) is 6.45. The number of hydrogen-bond donors (Lipinski definition) is 2. The molecule has 0 fully saturated rings. The summed E-state index contributed by atoms with van der Waals surface area (Å²) >= 11 is 0. The minimum absolute atomic E-state index is 0.186. The van der Waals surface area contributed by atoms with Gasteiger partial charge in [0.2, 0.25) is 0 Å². The molecular formula is C20H23N3O. The molecule has 0 saturated heterocycles. The Balaban J connectivity index is 1.74. The fourth-order valence-electron chi connectivity index (χ4n) is 3.09. The van der Waals surface area contributed by atoms with Crippen LogP contribution in [-0.4, -0.2) is 28.2 Å². The SMILES string of the molecule is CC1CN(C(=N)C[C@H](C)c2ccccc2)N=C1c1ccccc1O. The molecule has 1 aliphatic rings. The lowest BCUT2D eigenvalue weighted by Gasteiger charge is -2.19. The van der Waals surface area contributed by atoms with Gasteiger partial charge in [0, 0.05) is 17.9 Å². The first-order valence-corrected chi connectivity index (χ1v) is 8.33. The van der Waals surface area contributed by atoms with Gasteiger partial charge in [-0.25, -0.2) is 0 Å². The van der Waals surface area contributed by atoms with Gasteiger partial charge in [-0.1, -0.05) is 56.3 Å². The van der Waals surface area contributed by atoms with Crippen molar-refractivity contribution in [3.8, 4) is 5.75 Å². The lowest BCUT2D eigenvalue weighted by Crippen LogP contribution is -2.26. The molecule has 3 rings (SSSR count). The maximum absolute atomic E-state index is 10.1. The Kier molecular flexibility index (Phi) is 4.65. The second-order valence-corrected chi connectivity index (χ2v) is 6.45. The van der Waals surface area contributed by atoms with Gasteiger partial charge in [0.15, 0.2) is 0 Å². The zero-order valence-electron chi connectivity index (χ0n) is 14.1. The zero-order valence-corrected chi connectivity index (χ0v) is 14.1. The zero-order chi connectivity index (χ0) is 17.1. The molecule has 0 saturated carbocycles. The van der Waals surface area contributed by atoms with Crippen molar-refractivity contribution in [2.45, 2.75) is 26.2 Å². The average molecular weight is 321 g/mol. The van der Waals surface area contributed by atoms with Crippen LogP contribution in [0.25, 0.3) is 0 Å². The second kappa shape index (κ2) is 6.87. The molecule has 24 heavy (non-hydrogen) atoms. The monoisotopic (exact) mass is 321 g/mol. The molecule has 0 spiro atoms. The number of hydrogen-bond acceptors (Lipinski definition) is 3. The van der Waals surface area contributed by atoms with Gasteiger partial charge in [0.25, 0.3) is 0 Å². The summed E-state index contributed by atoms with van der Waals surface area (Å²) in [6.45, 7) is 4.90. The maximum atomic E-state index is 10.1. The standard InChI is InChI=1S/C20H23N3O/c1-14(16-8-4-3-5-9-16)12-19(21)23-13-15(2)20(22-23)17-10-6-7-11-18(17)24/h3-11,14-15,21,24H,12-13H2,1-2H3/t14-,15?/m0/s1. The molecule has 2 N–H and O–H groups in total. The Morgan fingerprint density at radius 3 is 2.58 bits per heavy atom. The Bertz CT molecular complexity index is 754. The highest BCUT2D eigenvalue weighted by Crippen LogP contribution is 2.27. The summed E-state index contributed by atoms with van der Waals surface area (Å²) in [5.74, 6) is 1.22. The fraction of sp³-hybridized carbons (Fsp3) is 0.300. The average Bonchev–Trinajstić information content (AvgIpc) is 2.98. The van der Waals surface area contributed by atoms with Crippen LogP contribution >= 0.6 is 0 Å². The molecule has 1 unspecified atom stereocenters. The van der Waals surface area contributed by atoms with E-state index in [1.54, 1.807) is 17.1 Å². The largest absolute Gasteiger partial charge is 0.507 e. The summed E-state index contributed by atoms with van der Waals surface area (Å²) in [5, 5.41) is 24.9. The summed E-state index contributed by atoms with van der Waals surface area (Å²) in [7, 11) is 0. The van der Waals surface area contributed by atoms with E-state index in [4.69, 9.17) is 5.41 Å². The van der Waals surface area contributed by atoms with Crippen molar-refractivity contribution in [1.29, 1.82) is 5.41 Å². The number of para-hydroxylation sites is 1. The first kappa shape index (κ1) is 16.2. The minimum atomic E-state index is 0.186. The summed E-state index contributed by atoms with van der Waals surface area (Å²) < 4.78 is 0. The van der Waals surface area contributed by atoms with Crippen molar-refractivity contribution in [3.05, 3.63) is 65.7 Å². The molecule has 2 atom stereocenters. The first-order valence-electron chi connectivity index (χ1n) is 8.33. The third kappa shape index (κ3) is 3.32. The van der Waals surface area contributed by atoms with Crippen molar-refractivity contribution in [1.82, 2.24) is 5.01 Å². The van der Waals surface area contributed by atoms with E-state index < -0.39 is 0 Å². The number of nitrogens with one attached hydrogen (secondary N) is 1. The molecule has 4 heteroatoms. The van der Waals surface area contributed by atoms with Gasteiger partial charge in [-0.3, -0.25) is 10.4 Å². The van der Waals surface area contributed by atoms with Crippen molar-refractivity contribution < 1.29 is 5.11 Å². The molecule has 0 amide bonds. The number of nitrogens with zero attached hydrogens (tertiary/aromatic N) is 2. The van der Waals surface area contributed by atoms with Gasteiger partial charge in [-0.2, -0.15) is 5.10 Å². The summed E-state index contributed by atoms with van der Waals surface area (Å²) in [4.78, 5) is 0. The Hall–Kier alpha value is -2.62. The predicted molar refractivity (Wildman–Crippen MR) is 97.7 cm³/mol. The highest BCUT2D eigenvalue weighted by Gasteiger charge is 2.28. The molecule has 2 aromatic rings. The molecule has 124 valence electrons. The van der Waals surface area contributed by atoms with Crippen LogP contribution in [0.2, 0.25) is 0 Å². The molecule has 1 heterocycles. The van der Waals surface area contributed by atoms with E-state index in [0.29, 0.717) is 18.8 Å². The van der Waals surface area contributed by atoms with Crippen LogP contribution in [0.4, 0.5) is 0 Å². The topological polar surface area (TPSA) is 59.7 Å². The summed E-state index contributed by atoms with van der Waals surface area (Å²) in [5.41, 5.74) is 2.85. The number of aromatic hydroxyl groups is 1. The van der Waals surface area contributed by atoms with Crippen LogP contribution in [0.15, 0.2) is 59.7 Å². The van der Waals surface area contributed by atoms with E-state index in [1.807, 2.05) is 30.3 Å². The van der Waals surface area contributed by atoms with Crippen molar-refractivity contribution >= 4 is 11.5 Å². The lowest BCUT2D eigenvalue weighted by atomic mass is 9.97. The van der Waals surface area contributed by atoms with Crippen LogP contribution < -0.4 is 0 Å². The van der Waals surface area contributed by atoms with Crippen LogP contribution in [0.5, 0.6) is 5.75 Å². The van der Waals surface area contributed by atoms with Gasteiger partial charge >= 0.3 is 0 Å². The fourth-order valence-corrected chi connectivity index (χ4v) is 3.09. The van der Waals surface area contributed by atoms with E-state index in [0.717, 1.165) is 11.3 Å². The number of benzene rings is 2.